The standard InChI is InChI=1S/C15H13F2NO4S/c1-9-2-4-11(7-12(9)15(19)20)23(21,22)18-8-10-3-5-13(16)14(17)6-10/h2-7,18H,8H2,1H3,(H,19,20). The van der Waals surface area contributed by atoms with Crippen molar-refractivity contribution in [1.29, 1.82) is 0 Å². The summed E-state index contributed by atoms with van der Waals surface area (Å²) in [6, 6.07) is 6.73. The van der Waals surface area contributed by atoms with E-state index < -0.39 is 27.6 Å². The molecule has 122 valence electrons. The Bertz CT molecular complexity index is 866. The van der Waals surface area contributed by atoms with Crippen molar-refractivity contribution in [2.45, 2.75) is 18.4 Å². The molecular formula is C15H13F2NO4S. The summed E-state index contributed by atoms with van der Waals surface area (Å²) in [5.74, 6) is -3.34. The van der Waals surface area contributed by atoms with Crippen LogP contribution in [0.5, 0.6) is 0 Å². The lowest BCUT2D eigenvalue weighted by Gasteiger charge is -2.09. The molecule has 0 amide bonds. The Morgan fingerprint density at radius 2 is 1.83 bits per heavy atom. The van der Waals surface area contributed by atoms with E-state index in [0.717, 1.165) is 18.2 Å². The lowest BCUT2D eigenvalue weighted by Crippen LogP contribution is -2.23. The van der Waals surface area contributed by atoms with Gasteiger partial charge in [0, 0.05) is 6.54 Å². The Kier molecular flexibility index (Phi) is 4.76. The van der Waals surface area contributed by atoms with Gasteiger partial charge < -0.3 is 5.11 Å². The predicted octanol–water partition coefficient (Wildman–Crippen LogP) is 2.45. The highest BCUT2D eigenvalue weighted by Gasteiger charge is 2.17. The van der Waals surface area contributed by atoms with Crippen LogP contribution in [-0.2, 0) is 16.6 Å². The third-order valence-electron chi connectivity index (χ3n) is 3.20. The molecule has 0 unspecified atom stereocenters. The molecule has 2 aromatic carbocycles. The molecule has 0 aliphatic rings. The van der Waals surface area contributed by atoms with Gasteiger partial charge in [0.1, 0.15) is 0 Å². The average Bonchev–Trinajstić information content (AvgIpc) is 2.48. The van der Waals surface area contributed by atoms with Gasteiger partial charge in [-0.25, -0.2) is 26.7 Å². The lowest BCUT2D eigenvalue weighted by atomic mass is 10.1. The van der Waals surface area contributed by atoms with Gasteiger partial charge >= 0.3 is 5.97 Å². The number of aryl methyl sites for hydroxylation is 1. The fourth-order valence-corrected chi connectivity index (χ4v) is 2.95. The maximum Gasteiger partial charge on any atom is 0.335 e. The normalized spacial score (nSPS) is 11.4. The summed E-state index contributed by atoms with van der Waals surface area (Å²) in [6.45, 7) is 1.30. The van der Waals surface area contributed by atoms with Crippen LogP contribution in [0, 0.1) is 18.6 Å². The van der Waals surface area contributed by atoms with E-state index in [1.807, 2.05) is 0 Å². The Labute approximate surface area is 131 Å². The van der Waals surface area contributed by atoms with Crippen molar-refractivity contribution in [3.63, 3.8) is 0 Å². The van der Waals surface area contributed by atoms with Gasteiger partial charge in [-0.2, -0.15) is 0 Å². The summed E-state index contributed by atoms with van der Waals surface area (Å²) in [4.78, 5) is 10.8. The molecule has 8 heteroatoms. The van der Waals surface area contributed by atoms with Crippen LogP contribution >= 0.6 is 0 Å². The molecule has 5 nitrogen and oxygen atoms in total. The first kappa shape index (κ1) is 17.0. The molecule has 0 radical (unpaired) electrons. The number of benzene rings is 2. The number of nitrogens with one attached hydrogen (secondary N) is 1. The van der Waals surface area contributed by atoms with E-state index in [9.17, 15) is 22.0 Å². The molecule has 0 fully saturated rings. The number of carbonyl (C=O) groups is 1. The number of hydrogen-bond acceptors (Lipinski definition) is 3. The van der Waals surface area contributed by atoms with E-state index in [2.05, 4.69) is 4.72 Å². The van der Waals surface area contributed by atoms with Gasteiger partial charge in [-0.3, -0.25) is 0 Å². The van der Waals surface area contributed by atoms with E-state index >= 15 is 0 Å². The highest BCUT2D eigenvalue weighted by atomic mass is 32.2. The molecule has 2 N–H and O–H groups in total. The zero-order valence-corrected chi connectivity index (χ0v) is 12.8. The van der Waals surface area contributed by atoms with Crippen molar-refractivity contribution in [3.05, 3.63) is 64.7 Å². The molecule has 23 heavy (non-hydrogen) atoms. The molecule has 0 saturated carbocycles. The van der Waals surface area contributed by atoms with Crippen molar-refractivity contribution >= 4 is 16.0 Å². The minimum absolute atomic E-state index is 0.124. The summed E-state index contributed by atoms with van der Waals surface area (Å²) in [5, 5.41) is 9.03. The van der Waals surface area contributed by atoms with Crippen LogP contribution in [0.3, 0.4) is 0 Å². The topological polar surface area (TPSA) is 83.5 Å². The van der Waals surface area contributed by atoms with Crippen LogP contribution in [-0.4, -0.2) is 19.5 Å². The second-order valence-corrected chi connectivity index (χ2v) is 6.62. The third kappa shape index (κ3) is 3.91. The number of carboxylic acids is 1. The van der Waals surface area contributed by atoms with E-state index in [1.54, 1.807) is 6.92 Å². The third-order valence-corrected chi connectivity index (χ3v) is 4.60. The van der Waals surface area contributed by atoms with Gasteiger partial charge in [-0.1, -0.05) is 12.1 Å². The number of aromatic carboxylic acids is 1. The van der Waals surface area contributed by atoms with Crippen molar-refractivity contribution in [2.24, 2.45) is 0 Å². The number of sulfonamides is 1. The van der Waals surface area contributed by atoms with Gasteiger partial charge in [0.2, 0.25) is 10.0 Å². The molecular weight excluding hydrogens is 328 g/mol. The highest BCUT2D eigenvalue weighted by molar-refractivity contribution is 7.89. The van der Waals surface area contributed by atoms with E-state index in [0.29, 0.717) is 5.56 Å². The van der Waals surface area contributed by atoms with Crippen LogP contribution in [0.4, 0.5) is 8.78 Å². The first-order valence-corrected chi connectivity index (χ1v) is 7.96. The van der Waals surface area contributed by atoms with Gasteiger partial charge in [0.15, 0.2) is 11.6 Å². The van der Waals surface area contributed by atoms with Gasteiger partial charge in [0.25, 0.3) is 0 Å². The maximum absolute atomic E-state index is 13.1. The second-order valence-electron chi connectivity index (χ2n) is 4.85. The van der Waals surface area contributed by atoms with Gasteiger partial charge in [-0.05, 0) is 42.3 Å². The van der Waals surface area contributed by atoms with Crippen LogP contribution in [0.15, 0.2) is 41.3 Å². The number of rotatable bonds is 5. The van der Waals surface area contributed by atoms with Crippen molar-refractivity contribution in [1.82, 2.24) is 4.72 Å². The monoisotopic (exact) mass is 341 g/mol. The van der Waals surface area contributed by atoms with Crippen molar-refractivity contribution < 1.29 is 27.1 Å². The molecule has 2 rings (SSSR count). The van der Waals surface area contributed by atoms with Gasteiger partial charge in [0.05, 0.1) is 10.5 Å². The number of carboxylic acid groups (broad SMARTS) is 1. The fraction of sp³-hybridized carbons (Fsp3) is 0.133. The van der Waals surface area contributed by atoms with Crippen LogP contribution in [0.1, 0.15) is 21.5 Å². The summed E-state index contributed by atoms with van der Waals surface area (Å²) >= 11 is 0. The lowest BCUT2D eigenvalue weighted by molar-refractivity contribution is 0.0696. The first-order valence-electron chi connectivity index (χ1n) is 6.48. The smallest absolute Gasteiger partial charge is 0.335 e. The van der Waals surface area contributed by atoms with Crippen LogP contribution in [0.2, 0.25) is 0 Å². The van der Waals surface area contributed by atoms with E-state index in [4.69, 9.17) is 5.11 Å². The molecule has 0 aliphatic heterocycles. The molecule has 2 aromatic rings. The first-order chi connectivity index (χ1) is 10.7. The minimum atomic E-state index is -3.98. The quantitative estimate of drug-likeness (QED) is 0.875. The van der Waals surface area contributed by atoms with Gasteiger partial charge in [-0.15, -0.1) is 0 Å². The van der Waals surface area contributed by atoms with Crippen LogP contribution < -0.4 is 4.72 Å². The Morgan fingerprint density at radius 1 is 1.13 bits per heavy atom. The molecule has 0 aromatic heterocycles. The Morgan fingerprint density at radius 3 is 2.43 bits per heavy atom. The number of halogens is 2. The summed E-state index contributed by atoms with van der Waals surface area (Å²) in [5.41, 5.74) is 0.538. The molecule has 0 spiro atoms. The minimum Gasteiger partial charge on any atom is -0.478 e. The Hall–Kier alpha value is -2.32. The summed E-state index contributed by atoms with van der Waals surface area (Å²) in [7, 11) is -3.98. The molecule has 0 saturated heterocycles. The Balaban J connectivity index is 2.23. The zero-order valence-electron chi connectivity index (χ0n) is 12.0. The molecule has 0 aliphatic carbocycles. The number of hydrogen-bond donors (Lipinski definition) is 2. The van der Waals surface area contributed by atoms with Crippen LogP contribution in [0.25, 0.3) is 0 Å². The molecule has 0 bridgehead atoms. The maximum atomic E-state index is 13.1. The summed E-state index contributed by atoms with van der Waals surface area (Å²) < 4.78 is 52.5. The van der Waals surface area contributed by atoms with Crippen molar-refractivity contribution in [2.75, 3.05) is 0 Å². The summed E-state index contributed by atoms with van der Waals surface area (Å²) in [6.07, 6.45) is 0. The van der Waals surface area contributed by atoms with E-state index in [-0.39, 0.29) is 22.6 Å². The average molecular weight is 341 g/mol. The largest absolute Gasteiger partial charge is 0.478 e. The second kappa shape index (κ2) is 6.43. The predicted molar refractivity (Wildman–Crippen MR) is 78.5 cm³/mol. The SMILES string of the molecule is Cc1ccc(S(=O)(=O)NCc2ccc(F)c(F)c2)cc1C(=O)O. The van der Waals surface area contributed by atoms with Crippen molar-refractivity contribution in [3.8, 4) is 0 Å². The molecule has 0 atom stereocenters. The highest BCUT2D eigenvalue weighted by Crippen LogP contribution is 2.16. The molecule has 0 heterocycles. The zero-order chi connectivity index (χ0) is 17.2. The fourth-order valence-electron chi connectivity index (χ4n) is 1.91. The van der Waals surface area contributed by atoms with E-state index in [1.165, 1.54) is 18.2 Å².